The zero-order valence-electron chi connectivity index (χ0n) is 66.6. The van der Waals surface area contributed by atoms with Crippen LogP contribution in [0.3, 0.4) is 0 Å². The van der Waals surface area contributed by atoms with Gasteiger partial charge in [-0.2, -0.15) is 25.3 Å². The fourth-order valence-corrected chi connectivity index (χ4v) is 17.3. The minimum atomic E-state index is -4.42. The van der Waals surface area contributed by atoms with Crippen LogP contribution in [0.2, 0.25) is 0 Å². The number of carbonyl (C=O) groups excluding carboxylic acids is 8. The second-order valence-electron chi connectivity index (χ2n) is 32.3. The number of aromatic nitrogens is 2. The first kappa shape index (κ1) is 90.0. The average molecular weight is 1750 g/mol. The summed E-state index contributed by atoms with van der Waals surface area (Å²) in [6, 6.07) is 15.2. The maximum Gasteiger partial charge on any atom is 0.408 e. The van der Waals surface area contributed by atoms with E-state index in [1.807, 2.05) is 4.72 Å². The number of likely N-dealkylation sites (tertiary alicyclic amines) is 2. The monoisotopic (exact) mass is 1750 g/mol. The maximum absolute atomic E-state index is 14.5. The van der Waals surface area contributed by atoms with Crippen molar-refractivity contribution < 1.29 is 105 Å². The number of H-pyrrole nitrogens is 1. The summed E-state index contributed by atoms with van der Waals surface area (Å²) < 4.78 is 122. The van der Waals surface area contributed by atoms with Gasteiger partial charge in [0.15, 0.2) is 5.43 Å². The smallest absolute Gasteiger partial charge is 0.408 e. The molecule has 13 rings (SSSR count). The van der Waals surface area contributed by atoms with Crippen molar-refractivity contribution in [3.63, 3.8) is 0 Å². The summed E-state index contributed by atoms with van der Waals surface area (Å²) in [6.07, 6.45) is 11.7. The second kappa shape index (κ2) is 37.3. The largest absolute Gasteiger partial charge is 0.497 e. The van der Waals surface area contributed by atoms with Crippen molar-refractivity contribution in [1.82, 2.24) is 45.8 Å². The number of nitrogens with two attached hydrogens (primary N) is 1. The van der Waals surface area contributed by atoms with Crippen LogP contribution in [-0.2, 0) is 86.3 Å². The van der Waals surface area contributed by atoms with Gasteiger partial charge in [0.25, 0.3) is 16.0 Å². The molecule has 4 heterocycles. The van der Waals surface area contributed by atoms with Crippen LogP contribution in [-0.4, -0.2) is 199 Å². The van der Waals surface area contributed by atoms with Gasteiger partial charge >= 0.3 is 38.8 Å². The highest BCUT2D eigenvalue weighted by Crippen LogP contribution is 2.47. The molecule has 5 aromatic rings. The van der Waals surface area contributed by atoms with Crippen LogP contribution in [0.1, 0.15) is 144 Å². The fourth-order valence-electron chi connectivity index (χ4n) is 14.4. The van der Waals surface area contributed by atoms with Crippen molar-refractivity contribution in [2.24, 2.45) is 27.8 Å². The van der Waals surface area contributed by atoms with E-state index in [1.165, 1.54) is 41.2 Å². The third kappa shape index (κ3) is 23.6. The lowest BCUT2D eigenvalue weighted by Crippen LogP contribution is -2.60. The molecule has 7 amide bonds. The van der Waals surface area contributed by atoms with Crippen LogP contribution in [0.25, 0.3) is 21.8 Å². The van der Waals surface area contributed by atoms with Crippen LogP contribution in [0.4, 0.5) is 9.59 Å². The minimum Gasteiger partial charge on any atom is -0.497 e. The molecule has 0 radical (unpaired) electrons. The van der Waals surface area contributed by atoms with Gasteiger partial charge in [-0.3, -0.25) is 46.3 Å². The molecular formula is C79H103BrN10O24S3. The Bertz CT molecular complexity index is 4950. The number of rotatable bonds is 26. The summed E-state index contributed by atoms with van der Waals surface area (Å²) in [7, 11) is -7.98. The van der Waals surface area contributed by atoms with Crippen molar-refractivity contribution in [3.8, 4) is 17.2 Å². The van der Waals surface area contributed by atoms with Gasteiger partial charge in [0, 0.05) is 77.1 Å². The Kier molecular flexibility index (Phi) is 28.7. The molecule has 38 heteroatoms. The van der Waals surface area contributed by atoms with Gasteiger partial charge in [-0.1, -0.05) is 69.6 Å². The minimum absolute atomic E-state index is 0.0244. The first-order valence-corrected chi connectivity index (χ1v) is 43.6. The highest BCUT2D eigenvalue weighted by atomic mass is 79.9. The van der Waals surface area contributed by atoms with E-state index >= 15 is 0 Å². The quantitative estimate of drug-likeness (QED) is 0.0121. The Morgan fingerprint density at radius 3 is 1.57 bits per heavy atom. The van der Waals surface area contributed by atoms with Crippen LogP contribution < -0.4 is 50.8 Å². The van der Waals surface area contributed by atoms with Crippen molar-refractivity contribution in [1.29, 1.82) is 0 Å². The second-order valence-corrected chi connectivity index (χ2v) is 37.3. The molecule has 0 spiro atoms. The van der Waals surface area contributed by atoms with Gasteiger partial charge in [-0.15, -0.1) is 13.2 Å². The number of aromatic amines is 1. The summed E-state index contributed by atoms with van der Waals surface area (Å²) in [5.41, 5.74) is -3.13. The van der Waals surface area contributed by atoms with E-state index in [9.17, 15) is 68.4 Å². The number of nitrogens with one attached hydrogen (secondary N) is 6. The zero-order chi connectivity index (χ0) is 85.3. The van der Waals surface area contributed by atoms with E-state index in [0.29, 0.717) is 45.1 Å². The first-order chi connectivity index (χ1) is 55.1. The highest BCUT2D eigenvalue weighted by Gasteiger charge is 2.63. The number of amides is 7. The summed E-state index contributed by atoms with van der Waals surface area (Å²) in [5, 5.41) is 16.8. The summed E-state index contributed by atoms with van der Waals surface area (Å²) >= 11 is 3.27. The number of halogens is 1. The number of pyridine rings is 2. The predicted molar refractivity (Wildman–Crippen MR) is 429 cm³/mol. The van der Waals surface area contributed by atoms with Gasteiger partial charge in [-0.05, 0) is 155 Å². The molecular weight excluding hydrogens is 1650 g/mol. The topological polar surface area (TPSA) is 460 Å². The van der Waals surface area contributed by atoms with Crippen LogP contribution in [0, 0.1) is 22.7 Å². The van der Waals surface area contributed by atoms with Gasteiger partial charge in [0.1, 0.15) is 70.8 Å². The summed E-state index contributed by atoms with van der Waals surface area (Å²) in [4.78, 5) is 130. The molecule has 10 atom stereocenters. The lowest BCUT2D eigenvalue weighted by Gasteiger charge is -2.35. The van der Waals surface area contributed by atoms with E-state index in [0.717, 1.165) is 75.5 Å². The molecule has 2 aliphatic heterocycles. The molecule has 34 nitrogen and oxygen atoms in total. The van der Waals surface area contributed by atoms with E-state index in [-0.39, 0.29) is 73.3 Å². The third-order valence-corrected chi connectivity index (χ3v) is 24.6. The van der Waals surface area contributed by atoms with Crippen LogP contribution >= 0.6 is 15.9 Å². The number of hydrogen-bond donors (Lipinski definition) is 7. The number of ether oxygens (including phenoxy) is 6. The van der Waals surface area contributed by atoms with Crippen LogP contribution in [0.15, 0.2) is 125 Å². The highest BCUT2D eigenvalue weighted by molar-refractivity contribution is 9.10. The Morgan fingerprint density at radius 1 is 0.607 bits per heavy atom. The first-order valence-electron chi connectivity index (χ1n) is 38.6. The Balaban J connectivity index is 0.000000198. The SMILES string of the molecule is C=C[C@@H]1C[C@]1(NC(=O)[C@@H]1C[C@@H](Oc2ccnc3cc(OC)ccc23)CN1C(=O)[C@@H](NC(=O)OC1CCCC1)C(C)(C)C)C(=O)NS(=O)(=O)OC1CC1.C=C[C@@H]1C[C@]1(NC(=O)[C@@H]1C[C@H](OS(=O)(=O)c2ccc(Br)cc2)CN1C(=O)[C@@H](NC(=O)OC1CCCC1)C(C)(C)C)C(=O)OC.COc1ccc2c(=O)cc[nH]c2c1.NS(=O)(=O)OC1CC1. The number of carbonyl (C=O) groups is 8. The Morgan fingerprint density at radius 2 is 1.09 bits per heavy atom. The number of benzene rings is 3. The average Bonchev–Trinajstić information content (AvgIpc) is 1.57. The van der Waals surface area contributed by atoms with Gasteiger partial charge in [0.2, 0.25) is 23.6 Å². The molecule has 8 N–H and O–H groups in total. The normalized spacial score (nSPS) is 23.6. The van der Waals surface area contributed by atoms with Gasteiger partial charge in [0.05, 0.1) is 62.1 Å². The lowest BCUT2D eigenvalue weighted by atomic mass is 9.85. The van der Waals surface area contributed by atoms with E-state index in [1.54, 1.807) is 129 Å². The van der Waals surface area contributed by atoms with Crippen molar-refractivity contribution in [3.05, 3.63) is 125 Å². The number of alkyl carbamates (subject to hydrolysis) is 2. The van der Waals surface area contributed by atoms with Crippen molar-refractivity contribution in [2.75, 3.05) is 34.4 Å². The maximum atomic E-state index is 14.5. The summed E-state index contributed by atoms with van der Waals surface area (Å²) in [5.74, 6) is -3.25. The van der Waals surface area contributed by atoms with E-state index in [2.05, 4.69) is 69.6 Å². The third-order valence-electron chi connectivity index (χ3n) is 21.2. The number of esters is 1. The zero-order valence-corrected chi connectivity index (χ0v) is 70.7. The van der Waals surface area contributed by atoms with Gasteiger partial charge in [-0.25, -0.2) is 24.2 Å². The number of hydrogen-bond acceptors (Lipinski definition) is 25. The van der Waals surface area contributed by atoms with E-state index < -0.39 is 149 Å². The molecule has 0 unspecified atom stereocenters. The molecule has 8 fully saturated rings. The standard InChI is InChI=1S/C36H47N5O10S.C30H40BrN3O9S.C10H9NO2.C3H7NO3S/c1-6-21-19-36(21,33(44)40-52(46,47)51-23-11-12-23)39-31(42)28-18-25(49-29-15-16-37-27-17-24(48-5)13-14-26(27)29)20-41(28)32(43)30(35(2,3)4)38-34(45)50-22-9-7-8-10-22;1-6-18-16-30(18,27(37)41-5)33-25(35)23-15-21(43-44(39,40)22-13-11-19(31)12-14-22)17-34(23)26(36)24(29(2,3)4)32-28(38)42-20-9-7-8-10-20;1-13-7-2-3-8-9(6-7)11-5-4-10(8)12;4-8(5,6)7-3-1-2-3/h6,13-17,21-23,25,28,30H,1,7-12,18-20H2,2-5H3,(H,38,45)(H,39,42)(H,40,44);6,11-14,18,20-21,23-24H,1,7-10,15-17H2,2-5H3,(H,32,38)(H,33,35);2-6H,1H3,(H,11,12);3H,1-2H2,(H2,4,5,6)/t21-,25-,28+,30-,36-;18-,21+,23+,24-,30-;;/m11../s1. The van der Waals surface area contributed by atoms with E-state index in [4.69, 9.17) is 36.8 Å². The molecule has 8 aliphatic rings. The number of methoxy groups -OCH3 is 3. The Labute approximate surface area is 688 Å². The fraction of sp³-hybridized carbons (Fsp3) is 0.544. The van der Waals surface area contributed by atoms with Crippen molar-refractivity contribution in [2.45, 2.75) is 221 Å². The predicted octanol–water partition coefficient (Wildman–Crippen LogP) is 7.62. The van der Waals surface area contributed by atoms with Gasteiger partial charge < -0.3 is 64.5 Å². The molecule has 117 heavy (non-hydrogen) atoms. The molecule has 6 saturated carbocycles. The molecule has 638 valence electrons. The molecule has 2 saturated heterocycles. The van der Waals surface area contributed by atoms with Crippen LogP contribution in [0.5, 0.6) is 17.2 Å². The lowest BCUT2D eigenvalue weighted by molar-refractivity contribution is -0.148. The number of nitrogens with zero attached hydrogens (tertiary/aromatic N) is 3. The Hall–Kier alpha value is -9.31. The molecule has 2 aromatic heterocycles. The molecule has 6 aliphatic carbocycles. The summed E-state index contributed by atoms with van der Waals surface area (Å²) in [6.45, 7) is 17.8. The molecule has 3 aromatic carbocycles. The number of fused-ring (bicyclic) bond motifs is 2. The van der Waals surface area contributed by atoms with Crippen molar-refractivity contribution >= 4 is 116 Å². The molecule has 0 bridgehead atoms.